The van der Waals surface area contributed by atoms with Crippen LogP contribution in [0, 0.1) is 0 Å². The summed E-state index contributed by atoms with van der Waals surface area (Å²) in [5.41, 5.74) is 1.57. The Balaban J connectivity index is 1.38. The number of ether oxygens (including phenoxy) is 2. The van der Waals surface area contributed by atoms with Crippen molar-refractivity contribution in [1.29, 1.82) is 0 Å². The van der Waals surface area contributed by atoms with Crippen LogP contribution in [0.3, 0.4) is 0 Å². The number of pyridine rings is 1. The normalized spacial score (nSPS) is 11.4. The van der Waals surface area contributed by atoms with Gasteiger partial charge in [0.15, 0.2) is 5.75 Å². The smallest absolute Gasteiger partial charge is 0.339 e. The first-order valence-corrected chi connectivity index (χ1v) is 16.8. The van der Waals surface area contributed by atoms with E-state index in [0.29, 0.717) is 39.5 Å². The Bertz CT molecular complexity index is 2180. The standard InChI is InChI=1S/C35H35N5O8S/c1-35(2,3)20-16-27(32(47-4)28(17-20)40-49(5,45)46)39-34(44)38-26-12-13-30(24-9-7-6-8-23(24)26)48-22-14-15-36-31(19-22)37-21-10-11-25(33(42)43)29(41)18-21/h6-19,40-41H,1-5H3,(H,36,37)(H,42,43)(H2,38,39,44). The minimum absolute atomic E-state index is 0.155. The van der Waals surface area contributed by atoms with Gasteiger partial charge in [-0.3, -0.25) is 4.72 Å². The first-order chi connectivity index (χ1) is 23.1. The Morgan fingerprint density at radius 2 is 1.55 bits per heavy atom. The molecular weight excluding hydrogens is 650 g/mol. The first kappa shape index (κ1) is 34.3. The van der Waals surface area contributed by atoms with Crippen LogP contribution in [0.25, 0.3) is 10.8 Å². The Morgan fingerprint density at radius 3 is 2.20 bits per heavy atom. The average molecular weight is 686 g/mol. The minimum Gasteiger partial charge on any atom is -0.507 e. The third-order valence-electron chi connectivity index (χ3n) is 7.29. The van der Waals surface area contributed by atoms with Gasteiger partial charge in [-0.05, 0) is 53.4 Å². The number of nitrogens with one attached hydrogen (secondary N) is 4. The molecule has 1 aromatic heterocycles. The molecule has 13 nitrogen and oxygen atoms in total. The zero-order valence-corrected chi connectivity index (χ0v) is 28.1. The molecule has 0 unspecified atom stereocenters. The number of fused-ring (bicyclic) bond motifs is 1. The summed E-state index contributed by atoms with van der Waals surface area (Å²) in [6, 6.07) is 21.0. The molecule has 0 atom stereocenters. The third-order valence-corrected chi connectivity index (χ3v) is 7.89. The number of aromatic carboxylic acids is 1. The van der Waals surface area contributed by atoms with Gasteiger partial charge in [-0.25, -0.2) is 23.0 Å². The van der Waals surface area contributed by atoms with E-state index in [1.165, 1.54) is 31.5 Å². The van der Waals surface area contributed by atoms with E-state index in [4.69, 9.17) is 14.6 Å². The van der Waals surface area contributed by atoms with Crippen molar-refractivity contribution in [1.82, 2.24) is 4.98 Å². The van der Waals surface area contributed by atoms with Crippen molar-refractivity contribution in [2.75, 3.05) is 34.0 Å². The van der Waals surface area contributed by atoms with Gasteiger partial charge in [-0.15, -0.1) is 0 Å². The molecule has 0 fully saturated rings. The molecule has 254 valence electrons. The van der Waals surface area contributed by atoms with E-state index in [1.807, 2.05) is 45.0 Å². The molecule has 0 radical (unpaired) electrons. The summed E-state index contributed by atoms with van der Waals surface area (Å²) in [5.74, 6) is -0.140. The van der Waals surface area contributed by atoms with Gasteiger partial charge in [0.1, 0.15) is 28.6 Å². The molecular formula is C35H35N5O8S. The first-order valence-electron chi connectivity index (χ1n) is 14.9. The number of hydrogen-bond donors (Lipinski definition) is 6. The van der Waals surface area contributed by atoms with Crippen LogP contribution in [0.15, 0.2) is 85.1 Å². The van der Waals surface area contributed by atoms with Crippen molar-refractivity contribution in [2.24, 2.45) is 0 Å². The van der Waals surface area contributed by atoms with Gasteiger partial charge in [-0.2, -0.15) is 0 Å². The van der Waals surface area contributed by atoms with Crippen LogP contribution in [0.5, 0.6) is 23.0 Å². The maximum atomic E-state index is 13.4. The fourth-order valence-electron chi connectivity index (χ4n) is 5.00. The topological polar surface area (TPSA) is 188 Å². The second kappa shape index (κ2) is 13.6. The van der Waals surface area contributed by atoms with Crippen molar-refractivity contribution in [3.63, 3.8) is 0 Å². The van der Waals surface area contributed by atoms with E-state index in [-0.39, 0.29) is 33.9 Å². The molecule has 4 aromatic carbocycles. The molecule has 49 heavy (non-hydrogen) atoms. The molecule has 2 amide bonds. The number of benzene rings is 4. The largest absolute Gasteiger partial charge is 0.507 e. The molecule has 0 aliphatic rings. The zero-order valence-electron chi connectivity index (χ0n) is 27.3. The lowest BCUT2D eigenvalue weighted by Crippen LogP contribution is -2.22. The number of nitrogens with zero attached hydrogens (tertiary/aromatic N) is 1. The number of rotatable bonds is 10. The predicted molar refractivity (Wildman–Crippen MR) is 189 cm³/mol. The Hall–Kier alpha value is -6.02. The van der Waals surface area contributed by atoms with E-state index >= 15 is 0 Å². The molecule has 14 heteroatoms. The fourth-order valence-corrected chi connectivity index (χ4v) is 5.55. The zero-order chi connectivity index (χ0) is 35.5. The highest BCUT2D eigenvalue weighted by atomic mass is 32.2. The second-order valence-corrected chi connectivity index (χ2v) is 13.9. The van der Waals surface area contributed by atoms with Crippen molar-refractivity contribution < 1.29 is 37.7 Å². The van der Waals surface area contributed by atoms with Crippen LogP contribution in [0.4, 0.5) is 33.4 Å². The number of phenols is 1. The highest BCUT2D eigenvalue weighted by Crippen LogP contribution is 2.40. The number of sulfonamides is 1. The van der Waals surface area contributed by atoms with Gasteiger partial charge in [0.25, 0.3) is 0 Å². The van der Waals surface area contributed by atoms with E-state index in [2.05, 4.69) is 25.7 Å². The summed E-state index contributed by atoms with van der Waals surface area (Å²) >= 11 is 0. The molecule has 0 aliphatic carbocycles. The summed E-state index contributed by atoms with van der Waals surface area (Å²) in [5, 5.41) is 29.3. The van der Waals surface area contributed by atoms with E-state index in [1.54, 1.807) is 36.4 Å². The Kier molecular flexibility index (Phi) is 9.53. The number of aromatic hydroxyl groups is 1. The van der Waals surface area contributed by atoms with E-state index in [9.17, 15) is 23.1 Å². The number of methoxy groups -OCH3 is 1. The van der Waals surface area contributed by atoms with Gasteiger partial charge >= 0.3 is 12.0 Å². The summed E-state index contributed by atoms with van der Waals surface area (Å²) in [6.07, 6.45) is 2.57. The number of hydrogen-bond acceptors (Lipinski definition) is 9. The van der Waals surface area contributed by atoms with Crippen molar-refractivity contribution in [3.05, 3.63) is 96.2 Å². The lowest BCUT2D eigenvalue weighted by atomic mass is 9.86. The summed E-state index contributed by atoms with van der Waals surface area (Å²) in [7, 11) is -2.25. The van der Waals surface area contributed by atoms with E-state index in [0.717, 1.165) is 11.8 Å². The quantitative estimate of drug-likeness (QED) is 0.0859. The van der Waals surface area contributed by atoms with Crippen LogP contribution in [-0.2, 0) is 15.4 Å². The van der Waals surface area contributed by atoms with Gasteiger partial charge in [-0.1, -0.05) is 45.0 Å². The number of anilines is 5. The maximum absolute atomic E-state index is 13.4. The van der Waals surface area contributed by atoms with Crippen LogP contribution >= 0.6 is 0 Å². The highest BCUT2D eigenvalue weighted by molar-refractivity contribution is 7.92. The third kappa shape index (κ3) is 8.29. The molecule has 0 saturated carbocycles. The number of carbonyl (C=O) groups is 2. The number of urea groups is 1. The van der Waals surface area contributed by atoms with Crippen LogP contribution in [-0.4, -0.2) is 49.0 Å². The molecule has 6 N–H and O–H groups in total. The summed E-state index contributed by atoms with van der Waals surface area (Å²) < 4.78 is 38.4. The fraction of sp³-hybridized carbons (Fsp3) is 0.171. The van der Waals surface area contributed by atoms with Gasteiger partial charge < -0.3 is 35.6 Å². The minimum atomic E-state index is -3.64. The molecule has 0 aliphatic heterocycles. The summed E-state index contributed by atoms with van der Waals surface area (Å²) in [4.78, 5) is 28.9. The molecule has 0 saturated heterocycles. The number of carbonyl (C=O) groups excluding carboxylic acids is 1. The molecule has 5 rings (SSSR count). The van der Waals surface area contributed by atoms with Gasteiger partial charge in [0.05, 0.1) is 30.4 Å². The van der Waals surface area contributed by atoms with Gasteiger partial charge in [0.2, 0.25) is 10.0 Å². The Morgan fingerprint density at radius 1 is 0.857 bits per heavy atom. The molecule has 1 heterocycles. The number of carboxylic acid groups (broad SMARTS) is 1. The van der Waals surface area contributed by atoms with Crippen molar-refractivity contribution >= 4 is 61.4 Å². The lowest BCUT2D eigenvalue weighted by Gasteiger charge is -2.24. The van der Waals surface area contributed by atoms with Crippen LogP contribution in [0.2, 0.25) is 0 Å². The highest BCUT2D eigenvalue weighted by Gasteiger charge is 2.22. The molecule has 5 aromatic rings. The van der Waals surface area contributed by atoms with Crippen LogP contribution < -0.4 is 30.1 Å². The monoisotopic (exact) mass is 685 g/mol. The molecule has 0 bridgehead atoms. The average Bonchev–Trinajstić information content (AvgIpc) is 3.01. The lowest BCUT2D eigenvalue weighted by molar-refractivity contribution is 0.0693. The Labute approximate surface area is 283 Å². The predicted octanol–water partition coefficient (Wildman–Crippen LogP) is 7.50. The van der Waals surface area contributed by atoms with Gasteiger partial charge in [0, 0.05) is 34.8 Å². The van der Waals surface area contributed by atoms with Crippen molar-refractivity contribution in [3.8, 4) is 23.0 Å². The second-order valence-electron chi connectivity index (χ2n) is 12.1. The summed E-state index contributed by atoms with van der Waals surface area (Å²) in [6.45, 7) is 5.90. The SMILES string of the molecule is COc1c(NC(=O)Nc2ccc(Oc3ccnc(Nc4ccc(C(=O)O)c(O)c4)c3)c3ccccc23)cc(C(C)(C)C)cc1NS(C)(=O)=O. The van der Waals surface area contributed by atoms with Crippen molar-refractivity contribution in [2.45, 2.75) is 26.2 Å². The van der Waals surface area contributed by atoms with Crippen LogP contribution in [0.1, 0.15) is 36.7 Å². The maximum Gasteiger partial charge on any atom is 0.339 e. The van der Waals surface area contributed by atoms with E-state index < -0.39 is 22.0 Å². The number of amides is 2. The number of carboxylic acids is 1. The molecule has 0 spiro atoms. The number of aromatic nitrogens is 1.